The molecule has 2 atom stereocenters. The summed E-state index contributed by atoms with van der Waals surface area (Å²) in [7, 11) is 0. The number of carbonyl (C=O) groups excluding carboxylic acids is 2. The third-order valence-corrected chi connectivity index (χ3v) is 4.64. The number of hydrogen-bond donors (Lipinski definition) is 5. The average Bonchev–Trinajstić information content (AvgIpc) is 2.68. The molecule has 1 rings (SSSR count). The molecule has 0 unspecified atom stereocenters. The zero-order valence-corrected chi connectivity index (χ0v) is 18.5. The van der Waals surface area contributed by atoms with Gasteiger partial charge in [0.05, 0.1) is 5.92 Å². The molecule has 10 heteroatoms. The number of amides is 2. The number of hydrogen-bond acceptors (Lipinski definition) is 5. The molecule has 0 spiro atoms. The zero-order chi connectivity index (χ0) is 23.4. The summed E-state index contributed by atoms with van der Waals surface area (Å²) in [5.41, 5.74) is 0.742. The van der Waals surface area contributed by atoms with E-state index in [9.17, 15) is 19.7 Å². The first-order valence-corrected chi connectivity index (χ1v) is 10.4. The first kappa shape index (κ1) is 25.9. The van der Waals surface area contributed by atoms with Crippen molar-refractivity contribution in [3.8, 4) is 0 Å². The smallest absolute Gasteiger partial charge is 0.266 e. The second kappa shape index (κ2) is 12.5. The Labute approximate surface area is 183 Å². The zero-order valence-electron chi connectivity index (χ0n) is 18.5. The van der Waals surface area contributed by atoms with Gasteiger partial charge in [0, 0.05) is 6.54 Å². The Kier molecular flexibility index (Phi) is 10.4. The number of benzene rings is 1. The fourth-order valence-corrected chi connectivity index (χ4v) is 3.16. The highest BCUT2D eigenvalue weighted by Crippen LogP contribution is 2.22. The van der Waals surface area contributed by atoms with E-state index in [0.29, 0.717) is 25.2 Å². The van der Waals surface area contributed by atoms with E-state index in [0.717, 1.165) is 5.56 Å². The number of guanidine groups is 1. The summed E-state index contributed by atoms with van der Waals surface area (Å²) in [6.07, 6.45) is 1.68. The van der Waals surface area contributed by atoms with Crippen LogP contribution in [-0.2, 0) is 9.59 Å². The molecular weight excluding hydrogens is 400 g/mol. The summed E-state index contributed by atoms with van der Waals surface area (Å²) >= 11 is 0. The third-order valence-electron chi connectivity index (χ3n) is 4.64. The van der Waals surface area contributed by atoms with Gasteiger partial charge in [-0.15, -0.1) is 0 Å². The van der Waals surface area contributed by atoms with Gasteiger partial charge in [-0.3, -0.25) is 15.0 Å². The molecule has 10 nitrogen and oxygen atoms in total. The van der Waals surface area contributed by atoms with E-state index >= 15 is 0 Å². The molecule has 1 aromatic carbocycles. The number of nitro groups is 1. The van der Waals surface area contributed by atoms with Gasteiger partial charge in [-0.2, -0.15) is 0 Å². The molecule has 0 aliphatic heterocycles. The van der Waals surface area contributed by atoms with Crippen molar-refractivity contribution >= 4 is 17.8 Å². The highest BCUT2D eigenvalue weighted by molar-refractivity contribution is 5.96. The van der Waals surface area contributed by atoms with E-state index in [1.54, 1.807) is 12.0 Å². The molecule has 5 N–H and O–H groups in total. The van der Waals surface area contributed by atoms with Crippen LogP contribution in [0.4, 0.5) is 0 Å². The quantitative estimate of drug-likeness (QED) is 0.112. The van der Waals surface area contributed by atoms with Crippen molar-refractivity contribution in [3.63, 3.8) is 0 Å². The van der Waals surface area contributed by atoms with Crippen molar-refractivity contribution < 1.29 is 14.6 Å². The van der Waals surface area contributed by atoms with Crippen molar-refractivity contribution in [3.05, 3.63) is 52.6 Å². The van der Waals surface area contributed by atoms with Crippen molar-refractivity contribution in [2.24, 2.45) is 5.92 Å². The van der Waals surface area contributed by atoms with Gasteiger partial charge in [0.15, 0.2) is 10.7 Å². The lowest BCUT2D eigenvalue weighted by molar-refractivity contribution is -0.526. The van der Waals surface area contributed by atoms with Gasteiger partial charge in [-0.05, 0) is 30.7 Å². The maximum atomic E-state index is 13.2. The van der Waals surface area contributed by atoms with Crippen molar-refractivity contribution in [1.82, 2.24) is 21.4 Å². The summed E-state index contributed by atoms with van der Waals surface area (Å²) < 4.78 is 0. The Bertz CT molecular complexity index is 755. The normalized spacial score (nSPS) is 13.6. The standard InChI is InChI=1S/C21H33N6O4/c1-5-13-21(25-20(22)26-27(30)31,19(29)23-14-12-15(3)4)24-18(28)17(6-2)16-10-8-7-9-11-16/h7-11,14-15,17H,5-6,12-13H2,1-4H3,(H,23,29)(H,24,28)(H3,22,25,26)/t17-,21-/m1/s1. The first-order chi connectivity index (χ1) is 14.6. The fraction of sp³-hybridized carbons (Fsp3) is 0.524. The van der Waals surface area contributed by atoms with Crippen molar-refractivity contribution in [1.29, 1.82) is 5.41 Å². The number of hydrazine groups is 1. The van der Waals surface area contributed by atoms with Crippen LogP contribution >= 0.6 is 0 Å². The molecule has 0 fully saturated rings. The molecular formula is C21H33N6O4. The molecule has 0 saturated heterocycles. The Balaban J connectivity index is 3.20. The maximum absolute atomic E-state index is 13.2. The van der Waals surface area contributed by atoms with Gasteiger partial charge in [0.2, 0.25) is 5.91 Å². The van der Waals surface area contributed by atoms with E-state index in [1.165, 1.54) is 0 Å². The molecule has 0 aliphatic rings. The van der Waals surface area contributed by atoms with Crippen LogP contribution in [-0.4, -0.2) is 28.5 Å². The number of rotatable bonds is 12. The molecule has 0 saturated carbocycles. The van der Waals surface area contributed by atoms with Crippen LogP contribution in [0.15, 0.2) is 30.3 Å². The molecule has 171 valence electrons. The molecule has 0 aromatic heterocycles. The molecule has 1 radical (unpaired) electrons. The minimum atomic E-state index is -1.73. The highest BCUT2D eigenvalue weighted by Gasteiger charge is 2.41. The summed E-state index contributed by atoms with van der Waals surface area (Å²) in [5, 5.41) is 25.6. The first-order valence-electron chi connectivity index (χ1n) is 10.4. The Morgan fingerprint density at radius 2 is 1.84 bits per heavy atom. The Morgan fingerprint density at radius 3 is 2.35 bits per heavy atom. The van der Waals surface area contributed by atoms with Gasteiger partial charge in [-0.1, -0.05) is 69.9 Å². The topological polar surface area (TPSA) is 149 Å². The predicted octanol–water partition coefficient (Wildman–Crippen LogP) is 2.42. The van der Waals surface area contributed by atoms with Crippen molar-refractivity contribution in [2.75, 3.05) is 0 Å². The van der Waals surface area contributed by atoms with Crippen LogP contribution in [0.5, 0.6) is 0 Å². The molecule has 1 aromatic rings. The molecule has 0 heterocycles. The van der Waals surface area contributed by atoms with Crippen LogP contribution in [0.25, 0.3) is 0 Å². The van der Waals surface area contributed by atoms with E-state index in [-0.39, 0.29) is 6.42 Å². The van der Waals surface area contributed by atoms with Gasteiger partial charge in [0.1, 0.15) is 0 Å². The lowest BCUT2D eigenvalue weighted by atomic mass is 9.93. The minimum Gasteiger partial charge on any atom is -0.348 e. The molecule has 31 heavy (non-hydrogen) atoms. The molecule has 2 amide bonds. The lowest BCUT2D eigenvalue weighted by Gasteiger charge is -2.35. The third kappa shape index (κ3) is 8.23. The molecule has 0 bridgehead atoms. The van der Waals surface area contributed by atoms with Gasteiger partial charge in [0.25, 0.3) is 11.9 Å². The van der Waals surface area contributed by atoms with Crippen LogP contribution in [0.2, 0.25) is 0 Å². The Hall–Kier alpha value is -3.17. The van der Waals surface area contributed by atoms with E-state index in [1.807, 2.05) is 58.0 Å². The maximum Gasteiger partial charge on any atom is 0.266 e. The largest absolute Gasteiger partial charge is 0.348 e. The lowest BCUT2D eigenvalue weighted by Crippen LogP contribution is -2.70. The van der Waals surface area contributed by atoms with Crippen LogP contribution in [0.3, 0.4) is 0 Å². The highest BCUT2D eigenvalue weighted by atomic mass is 16.7. The van der Waals surface area contributed by atoms with Crippen molar-refractivity contribution in [2.45, 2.75) is 65.0 Å². The predicted molar refractivity (Wildman–Crippen MR) is 118 cm³/mol. The van der Waals surface area contributed by atoms with Gasteiger partial charge in [-0.25, -0.2) is 10.1 Å². The number of carbonyl (C=O) groups is 2. The number of nitrogens with one attached hydrogen (secondary N) is 5. The summed E-state index contributed by atoms with van der Waals surface area (Å²) in [6, 6.07) is 9.16. The second-order valence-corrected chi connectivity index (χ2v) is 7.69. The van der Waals surface area contributed by atoms with E-state index < -0.39 is 34.4 Å². The average molecular weight is 434 g/mol. The summed E-state index contributed by atoms with van der Waals surface area (Å²) in [5.74, 6) is -1.93. The summed E-state index contributed by atoms with van der Waals surface area (Å²) in [4.78, 5) is 37.1. The van der Waals surface area contributed by atoms with E-state index in [4.69, 9.17) is 5.41 Å². The van der Waals surface area contributed by atoms with Gasteiger partial charge < -0.3 is 16.0 Å². The summed E-state index contributed by atoms with van der Waals surface area (Å²) in [6.45, 7) is 9.24. The minimum absolute atomic E-state index is 0.118. The fourth-order valence-electron chi connectivity index (χ4n) is 3.16. The van der Waals surface area contributed by atoms with Crippen LogP contribution < -0.4 is 21.4 Å². The number of nitrogens with zero attached hydrogens (tertiary/aromatic N) is 1. The van der Waals surface area contributed by atoms with Crippen LogP contribution in [0, 0.1) is 28.0 Å². The Morgan fingerprint density at radius 1 is 1.19 bits per heavy atom. The van der Waals surface area contributed by atoms with Crippen LogP contribution in [0.1, 0.15) is 64.9 Å². The SMILES string of the molecule is CCC[C@](NC(=N)N[N+](=O)[O-])(NC(=O)[C@H](CC)c1ccccc1)C(=O)N[CH]CC(C)C. The monoisotopic (exact) mass is 433 g/mol. The second-order valence-electron chi connectivity index (χ2n) is 7.69. The van der Waals surface area contributed by atoms with E-state index in [2.05, 4.69) is 16.0 Å². The molecule has 0 aliphatic carbocycles. The van der Waals surface area contributed by atoms with Gasteiger partial charge >= 0.3 is 0 Å².